The van der Waals surface area contributed by atoms with Crippen molar-refractivity contribution in [1.82, 2.24) is 0 Å². The molecule has 0 atom stereocenters. The molecule has 0 aliphatic rings. The van der Waals surface area contributed by atoms with Gasteiger partial charge in [0.15, 0.2) is 0 Å². The van der Waals surface area contributed by atoms with Gasteiger partial charge in [-0.05, 0) is 59.4 Å². The lowest BCUT2D eigenvalue weighted by Gasteiger charge is -2.19. The summed E-state index contributed by atoms with van der Waals surface area (Å²) in [5.74, 6) is -4.26. The molecule has 188 valence electrons. The molecule has 4 aromatic rings. The Morgan fingerprint density at radius 1 is 0.568 bits per heavy atom. The molecule has 4 rings (SSSR count). The molecule has 37 heavy (non-hydrogen) atoms. The zero-order chi connectivity index (χ0) is 26.7. The van der Waals surface area contributed by atoms with Crippen molar-refractivity contribution in [3.8, 4) is 11.5 Å². The van der Waals surface area contributed by atoms with Crippen LogP contribution in [0.15, 0.2) is 94.7 Å². The van der Waals surface area contributed by atoms with Gasteiger partial charge in [0.25, 0.3) is 0 Å². The minimum absolute atomic E-state index is 0.154. The van der Waals surface area contributed by atoms with E-state index in [0.29, 0.717) is 11.1 Å². The van der Waals surface area contributed by atoms with Crippen LogP contribution in [0.3, 0.4) is 0 Å². The fourth-order valence-electron chi connectivity index (χ4n) is 4.28. The van der Waals surface area contributed by atoms with E-state index < -0.39 is 43.1 Å². The molecule has 0 heterocycles. The van der Waals surface area contributed by atoms with Gasteiger partial charge in [-0.15, -0.1) is 0 Å². The van der Waals surface area contributed by atoms with Gasteiger partial charge in [-0.1, -0.05) is 60.7 Å². The van der Waals surface area contributed by atoms with Crippen LogP contribution in [0.25, 0.3) is 0 Å². The zero-order valence-corrected chi connectivity index (χ0v) is 20.1. The Hall–Kier alpha value is -4.63. The normalized spacial score (nSPS) is 11.2. The minimum Gasteiger partial charge on any atom is -0.507 e. The monoisotopic (exact) mass is 518 g/mol. The standard InChI is InChI=1S/C28H22O8S/c29-23-13-11-19(27(31)32)21(15-17-7-3-1-4-8-17)25(23)37(35,36)26-22(16-18-9-5-2-6-10-18)20(28(33)34)12-14-24(26)30/h1-14,29-30H,15-16H2,(H,31,32)(H,33,34). The summed E-state index contributed by atoms with van der Waals surface area (Å²) in [6.45, 7) is 0. The SMILES string of the molecule is O=C(O)c1ccc(O)c(S(=O)(=O)c2c(O)ccc(C(=O)O)c2Cc2ccccc2)c1Cc1ccccc1. The quantitative estimate of drug-likeness (QED) is 0.266. The van der Waals surface area contributed by atoms with Gasteiger partial charge in [-0.25, -0.2) is 18.0 Å². The first-order valence-electron chi connectivity index (χ1n) is 11.1. The van der Waals surface area contributed by atoms with Crippen LogP contribution in [0.4, 0.5) is 0 Å². The molecule has 0 radical (unpaired) electrons. The van der Waals surface area contributed by atoms with Gasteiger partial charge in [0.05, 0.1) is 11.1 Å². The highest BCUT2D eigenvalue weighted by Crippen LogP contribution is 2.41. The highest BCUT2D eigenvalue weighted by molar-refractivity contribution is 7.91. The van der Waals surface area contributed by atoms with Crippen molar-refractivity contribution in [2.24, 2.45) is 0 Å². The van der Waals surface area contributed by atoms with Crippen LogP contribution in [-0.4, -0.2) is 40.8 Å². The third-order valence-electron chi connectivity index (χ3n) is 5.93. The van der Waals surface area contributed by atoms with Gasteiger partial charge >= 0.3 is 11.9 Å². The second kappa shape index (κ2) is 10.2. The summed E-state index contributed by atoms with van der Waals surface area (Å²) in [6.07, 6.45) is -0.308. The van der Waals surface area contributed by atoms with E-state index >= 15 is 0 Å². The summed E-state index contributed by atoms with van der Waals surface area (Å²) in [7, 11) is -4.84. The number of carbonyl (C=O) groups is 2. The Morgan fingerprint density at radius 2 is 0.919 bits per heavy atom. The fourth-order valence-corrected chi connectivity index (χ4v) is 6.19. The fraction of sp³-hybridized carbons (Fsp3) is 0.0714. The van der Waals surface area contributed by atoms with Crippen LogP contribution in [0.5, 0.6) is 11.5 Å². The van der Waals surface area contributed by atoms with E-state index in [1.54, 1.807) is 60.7 Å². The number of sulfone groups is 1. The maximum Gasteiger partial charge on any atom is 0.336 e. The third-order valence-corrected chi connectivity index (χ3v) is 7.91. The maximum absolute atomic E-state index is 14.1. The van der Waals surface area contributed by atoms with Crippen molar-refractivity contribution in [3.63, 3.8) is 0 Å². The maximum atomic E-state index is 14.1. The molecule has 4 N–H and O–H groups in total. The molecule has 9 heteroatoms. The molecule has 0 bridgehead atoms. The van der Waals surface area contributed by atoms with Crippen LogP contribution < -0.4 is 0 Å². The molecule has 0 saturated carbocycles. The number of benzene rings is 4. The Balaban J connectivity index is 2.04. The molecule has 0 fully saturated rings. The van der Waals surface area contributed by atoms with Gasteiger partial charge in [0.1, 0.15) is 21.3 Å². The summed E-state index contributed by atoms with van der Waals surface area (Å²) in [4.78, 5) is 22.7. The molecule has 0 spiro atoms. The number of carboxylic acids is 2. The third kappa shape index (κ3) is 5.03. The van der Waals surface area contributed by atoms with Crippen LogP contribution >= 0.6 is 0 Å². The molecule has 4 aromatic carbocycles. The minimum atomic E-state index is -4.84. The number of carboxylic acid groups (broad SMARTS) is 2. The van der Waals surface area contributed by atoms with Gasteiger partial charge in [0.2, 0.25) is 9.84 Å². The van der Waals surface area contributed by atoms with E-state index in [1.807, 2.05) is 0 Å². The molecular formula is C28H22O8S. The number of aromatic hydroxyl groups is 2. The number of phenolic OH excluding ortho intramolecular Hbond substituents is 2. The van der Waals surface area contributed by atoms with E-state index in [9.17, 15) is 38.4 Å². The number of hydrogen-bond acceptors (Lipinski definition) is 6. The second-order valence-corrected chi connectivity index (χ2v) is 10.1. The summed E-state index contributed by atoms with van der Waals surface area (Å²) < 4.78 is 28.3. The number of aromatic carboxylic acids is 2. The lowest BCUT2D eigenvalue weighted by molar-refractivity contribution is 0.0684. The molecule has 0 aliphatic carbocycles. The van der Waals surface area contributed by atoms with Crippen LogP contribution in [-0.2, 0) is 22.7 Å². The number of rotatable bonds is 8. The van der Waals surface area contributed by atoms with Gasteiger partial charge in [0, 0.05) is 0 Å². The van der Waals surface area contributed by atoms with Crippen molar-refractivity contribution < 1.29 is 38.4 Å². The average Bonchev–Trinajstić information content (AvgIpc) is 2.85. The summed E-state index contributed by atoms with van der Waals surface area (Å²) >= 11 is 0. The average molecular weight is 519 g/mol. The molecule has 0 aromatic heterocycles. The zero-order valence-electron chi connectivity index (χ0n) is 19.3. The molecule has 0 amide bonds. The molecule has 0 aliphatic heterocycles. The van der Waals surface area contributed by atoms with E-state index in [4.69, 9.17) is 0 Å². The lowest BCUT2D eigenvalue weighted by atomic mass is 9.99. The van der Waals surface area contributed by atoms with E-state index in [0.717, 1.165) is 24.3 Å². The molecule has 0 unspecified atom stereocenters. The Bertz CT molecular complexity index is 1480. The first kappa shape index (κ1) is 25.5. The van der Waals surface area contributed by atoms with Gasteiger partial charge in [-0.3, -0.25) is 0 Å². The second-order valence-electron chi connectivity index (χ2n) is 8.32. The van der Waals surface area contributed by atoms with Crippen molar-refractivity contribution >= 4 is 21.8 Å². The van der Waals surface area contributed by atoms with Gasteiger partial charge in [-0.2, -0.15) is 0 Å². The van der Waals surface area contributed by atoms with Crippen LogP contribution in [0, 0.1) is 0 Å². The summed E-state index contributed by atoms with van der Waals surface area (Å²) in [6, 6.07) is 21.1. The smallest absolute Gasteiger partial charge is 0.336 e. The van der Waals surface area contributed by atoms with E-state index in [-0.39, 0.29) is 35.1 Å². The van der Waals surface area contributed by atoms with E-state index in [1.165, 1.54) is 0 Å². The number of phenols is 2. The summed E-state index contributed by atoms with van der Waals surface area (Å²) in [5, 5.41) is 41.1. The van der Waals surface area contributed by atoms with Crippen molar-refractivity contribution in [2.75, 3.05) is 0 Å². The van der Waals surface area contributed by atoms with Gasteiger partial charge < -0.3 is 20.4 Å². The largest absolute Gasteiger partial charge is 0.507 e. The first-order chi connectivity index (χ1) is 17.6. The molecular weight excluding hydrogens is 496 g/mol. The number of hydrogen-bond donors (Lipinski definition) is 4. The molecule has 0 saturated heterocycles. The summed E-state index contributed by atoms with van der Waals surface area (Å²) in [5.41, 5.74) is 0.0894. The Kier molecular flexibility index (Phi) is 6.99. The topological polar surface area (TPSA) is 149 Å². The van der Waals surface area contributed by atoms with Crippen molar-refractivity contribution in [3.05, 3.63) is 118 Å². The highest BCUT2D eigenvalue weighted by atomic mass is 32.2. The predicted molar refractivity (Wildman–Crippen MR) is 134 cm³/mol. The highest BCUT2D eigenvalue weighted by Gasteiger charge is 2.34. The molecule has 8 nitrogen and oxygen atoms in total. The predicted octanol–water partition coefficient (Wildman–Crippen LogP) is 4.51. The van der Waals surface area contributed by atoms with E-state index in [2.05, 4.69) is 0 Å². The Morgan fingerprint density at radius 3 is 1.24 bits per heavy atom. The van der Waals surface area contributed by atoms with Crippen molar-refractivity contribution in [1.29, 1.82) is 0 Å². The van der Waals surface area contributed by atoms with Crippen LogP contribution in [0.1, 0.15) is 43.0 Å². The Labute approximate surface area is 212 Å². The first-order valence-corrected chi connectivity index (χ1v) is 12.6. The van der Waals surface area contributed by atoms with Crippen molar-refractivity contribution in [2.45, 2.75) is 22.6 Å². The van der Waals surface area contributed by atoms with Crippen LogP contribution in [0.2, 0.25) is 0 Å². The lowest BCUT2D eigenvalue weighted by Crippen LogP contribution is -2.16.